The topological polar surface area (TPSA) is 91.6 Å². The summed E-state index contributed by atoms with van der Waals surface area (Å²) < 4.78 is 9.08. The Kier molecular flexibility index (Phi) is 3.62. The van der Waals surface area contributed by atoms with Gasteiger partial charge >= 0.3 is 11.7 Å². The first-order valence-electron chi connectivity index (χ1n) is 3.98. The van der Waals surface area contributed by atoms with Crippen LogP contribution in [-0.4, -0.2) is 30.1 Å². The summed E-state index contributed by atoms with van der Waals surface area (Å²) in [6, 6.07) is 1.05. The van der Waals surface area contributed by atoms with Crippen molar-refractivity contribution in [2.24, 2.45) is 0 Å². The van der Waals surface area contributed by atoms with E-state index < -0.39 is 16.6 Å². The maximum absolute atomic E-state index is 11.1. The van der Waals surface area contributed by atoms with Gasteiger partial charge in [-0.15, -0.1) is 0 Å². The van der Waals surface area contributed by atoms with Crippen molar-refractivity contribution in [3.05, 3.63) is 26.9 Å². The van der Waals surface area contributed by atoms with E-state index in [0.717, 1.165) is 13.2 Å². The highest BCUT2D eigenvalue weighted by Gasteiger charge is 2.25. The number of rotatable bonds is 3. The Morgan fingerprint density at radius 3 is 2.62 bits per heavy atom. The molecule has 0 amide bonds. The fourth-order valence-electron chi connectivity index (χ4n) is 1.00. The summed E-state index contributed by atoms with van der Waals surface area (Å²) in [5.41, 5.74) is -0.647. The van der Waals surface area contributed by atoms with Gasteiger partial charge in [-0.05, 0) is 6.07 Å². The van der Waals surface area contributed by atoms with E-state index in [1.807, 2.05) is 0 Å². The van der Waals surface area contributed by atoms with Crippen molar-refractivity contribution >= 4 is 23.3 Å². The fraction of sp³-hybridized carbons (Fsp3) is 0.250. The molecule has 1 rings (SSSR count). The van der Waals surface area contributed by atoms with Gasteiger partial charge in [0.15, 0.2) is 5.69 Å². The Labute approximate surface area is 95.1 Å². The third kappa shape index (κ3) is 2.19. The summed E-state index contributed by atoms with van der Waals surface area (Å²) in [5, 5.41) is 10.4. The summed E-state index contributed by atoms with van der Waals surface area (Å²) in [5.74, 6) is -1.09. The van der Waals surface area contributed by atoms with Crippen LogP contribution in [0.5, 0.6) is 5.88 Å². The molecule has 0 aliphatic heterocycles. The molecular formula is C8H7ClN2O5. The van der Waals surface area contributed by atoms with Gasteiger partial charge in [0, 0.05) is 0 Å². The van der Waals surface area contributed by atoms with Crippen LogP contribution in [0.25, 0.3) is 0 Å². The minimum Gasteiger partial charge on any atom is -0.476 e. The molecule has 0 aliphatic rings. The number of pyridine rings is 1. The quantitative estimate of drug-likeness (QED) is 0.455. The summed E-state index contributed by atoms with van der Waals surface area (Å²) in [7, 11) is 2.35. The number of ether oxygens (including phenoxy) is 2. The van der Waals surface area contributed by atoms with Crippen molar-refractivity contribution in [3.63, 3.8) is 0 Å². The second-order valence-corrected chi connectivity index (χ2v) is 3.00. The van der Waals surface area contributed by atoms with Crippen molar-refractivity contribution in [3.8, 4) is 5.88 Å². The summed E-state index contributed by atoms with van der Waals surface area (Å²) >= 11 is 5.64. The lowest BCUT2D eigenvalue weighted by molar-refractivity contribution is -0.386. The highest BCUT2D eigenvalue weighted by atomic mass is 35.5. The van der Waals surface area contributed by atoms with Gasteiger partial charge in [0.25, 0.3) is 5.88 Å². The number of methoxy groups -OCH3 is 2. The van der Waals surface area contributed by atoms with Gasteiger partial charge in [-0.2, -0.15) is 0 Å². The van der Waals surface area contributed by atoms with Crippen molar-refractivity contribution < 1.29 is 19.2 Å². The minimum absolute atomic E-state index is 0.157. The van der Waals surface area contributed by atoms with Gasteiger partial charge in [-0.1, -0.05) is 11.6 Å². The lowest BCUT2D eigenvalue weighted by atomic mass is 10.3. The van der Waals surface area contributed by atoms with Crippen LogP contribution < -0.4 is 4.74 Å². The summed E-state index contributed by atoms with van der Waals surface area (Å²) in [6.45, 7) is 0. The molecular weight excluding hydrogens is 240 g/mol. The molecule has 0 bridgehead atoms. The van der Waals surface area contributed by atoms with Gasteiger partial charge in [-0.25, -0.2) is 9.78 Å². The Balaban J connectivity index is 3.37. The van der Waals surface area contributed by atoms with Crippen molar-refractivity contribution in [2.75, 3.05) is 14.2 Å². The van der Waals surface area contributed by atoms with Crippen LogP contribution >= 0.6 is 11.6 Å². The van der Waals surface area contributed by atoms with Gasteiger partial charge < -0.3 is 9.47 Å². The zero-order chi connectivity index (χ0) is 12.3. The number of hydrogen-bond acceptors (Lipinski definition) is 6. The minimum atomic E-state index is -0.755. The third-order valence-corrected chi connectivity index (χ3v) is 1.97. The van der Waals surface area contributed by atoms with Crippen LogP contribution in [0, 0.1) is 10.1 Å². The molecule has 1 heterocycles. The predicted octanol–water partition coefficient (Wildman–Crippen LogP) is 1.44. The van der Waals surface area contributed by atoms with Gasteiger partial charge in [-0.3, -0.25) is 10.1 Å². The fourth-order valence-corrected chi connectivity index (χ4v) is 1.26. The first-order valence-corrected chi connectivity index (χ1v) is 4.36. The molecule has 0 unspecified atom stereocenters. The smallest absolute Gasteiger partial charge is 0.356 e. The number of esters is 1. The third-order valence-electron chi connectivity index (χ3n) is 1.68. The maximum atomic E-state index is 11.1. The predicted molar refractivity (Wildman–Crippen MR) is 53.8 cm³/mol. The number of aromatic nitrogens is 1. The van der Waals surface area contributed by atoms with Crippen molar-refractivity contribution in [1.29, 1.82) is 0 Å². The molecule has 0 aromatic carbocycles. The highest BCUT2D eigenvalue weighted by Crippen LogP contribution is 2.33. The van der Waals surface area contributed by atoms with E-state index in [1.54, 1.807) is 0 Å². The number of carbonyl (C=O) groups is 1. The van der Waals surface area contributed by atoms with Crippen LogP contribution in [0.3, 0.4) is 0 Å². The summed E-state index contributed by atoms with van der Waals surface area (Å²) in [6.07, 6.45) is 0. The molecule has 0 radical (unpaired) electrons. The monoisotopic (exact) mass is 246 g/mol. The maximum Gasteiger partial charge on any atom is 0.356 e. The molecule has 0 atom stereocenters. The molecule has 0 fully saturated rings. The number of nitro groups is 1. The number of nitrogens with zero attached hydrogens (tertiary/aromatic N) is 2. The van der Waals surface area contributed by atoms with E-state index in [9.17, 15) is 14.9 Å². The first-order chi connectivity index (χ1) is 7.51. The zero-order valence-electron chi connectivity index (χ0n) is 8.39. The Morgan fingerprint density at radius 2 is 2.19 bits per heavy atom. The van der Waals surface area contributed by atoms with Crippen LogP contribution in [0.4, 0.5) is 5.69 Å². The summed E-state index contributed by atoms with van der Waals surface area (Å²) in [4.78, 5) is 24.7. The van der Waals surface area contributed by atoms with Crippen LogP contribution in [0.15, 0.2) is 6.07 Å². The SMILES string of the molecule is COC(=O)c1cc(Cl)c([N+](=O)[O-])c(OC)n1. The Hall–Kier alpha value is -1.89. The molecule has 1 aromatic heterocycles. The first kappa shape index (κ1) is 12.2. The zero-order valence-corrected chi connectivity index (χ0v) is 9.15. The second kappa shape index (κ2) is 4.75. The molecule has 0 saturated carbocycles. The molecule has 7 nitrogen and oxygen atoms in total. The molecule has 0 spiro atoms. The van der Waals surface area contributed by atoms with Crippen molar-refractivity contribution in [2.45, 2.75) is 0 Å². The van der Waals surface area contributed by atoms with E-state index in [4.69, 9.17) is 11.6 Å². The molecule has 8 heteroatoms. The normalized spacial score (nSPS) is 9.69. The van der Waals surface area contributed by atoms with E-state index in [-0.39, 0.29) is 16.6 Å². The van der Waals surface area contributed by atoms with E-state index >= 15 is 0 Å². The largest absolute Gasteiger partial charge is 0.476 e. The van der Waals surface area contributed by atoms with Crippen LogP contribution in [0.1, 0.15) is 10.5 Å². The van der Waals surface area contributed by atoms with E-state index in [2.05, 4.69) is 14.5 Å². The molecule has 0 saturated heterocycles. The number of hydrogen-bond donors (Lipinski definition) is 0. The standard InChI is InChI=1S/C8H7ClN2O5/c1-15-7-6(11(13)14)4(9)3-5(10-7)8(12)16-2/h3H,1-2H3. The van der Waals surface area contributed by atoms with Gasteiger partial charge in [0.2, 0.25) is 0 Å². The molecule has 16 heavy (non-hydrogen) atoms. The average molecular weight is 247 g/mol. The number of carbonyl (C=O) groups excluding carboxylic acids is 1. The molecule has 0 aliphatic carbocycles. The van der Waals surface area contributed by atoms with Crippen LogP contribution in [-0.2, 0) is 4.74 Å². The van der Waals surface area contributed by atoms with Crippen LogP contribution in [0.2, 0.25) is 5.02 Å². The van der Waals surface area contributed by atoms with Gasteiger partial charge in [0.1, 0.15) is 5.02 Å². The Morgan fingerprint density at radius 1 is 1.56 bits per heavy atom. The van der Waals surface area contributed by atoms with E-state index in [0.29, 0.717) is 0 Å². The highest BCUT2D eigenvalue weighted by molar-refractivity contribution is 6.33. The second-order valence-electron chi connectivity index (χ2n) is 2.60. The lowest BCUT2D eigenvalue weighted by Gasteiger charge is -2.04. The molecule has 1 aromatic rings. The van der Waals surface area contributed by atoms with Gasteiger partial charge in [0.05, 0.1) is 19.1 Å². The average Bonchev–Trinajstić information content (AvgIpc) is 2.26. The lowest BCUT2D eigenvalue weighted by Crippen LogP contribution is -2.07. The van der Waals surface area contributed by atoms with Crippen molar-refractivity contribution in [1.82, 2.24) is 4.98 Å². The molecule has 0 N–H and O–H groups in total. The molecule has 86 valence electrons. The van der Waals surface area contributed by atoms with E-state index in [1.165, 1.54) is 7.11 Å². The number of halogens is 1. The Bertz CT molecular complexity index is 448.